The largest absolute Gasteiger partial charge is 0.457 e. The Labute approximate surface area is 190 Å². The third-order valence-corrected chi connectivity index (χ3v) is 6.41. The molecule has 0 spiro atoms. The highest BCUT2D eigenvalue weighted by atomic mass is 32.2. The normalized spacial score (nSPS) is 11.7. The summed E-state index contributed by atoms with van der Waals surface area (Å²) in [5, 5.41) is 12.7. The Morgan fingerprint density at radius 2 is 1.88 bits per heavy atom. The highest BCUT2D eigenvalue weighted by Crippen LogP contribution is 2.33. The minimum Gasteiger partial charge on any atom is -0.457 e. The van der Waals surface area contributed by atoms with Crippen LogP contribution in [0, 0.1) is 0 Å². The number of nitrogens with one attached hydrogen (secondary N) is 1. The van der Waals surface area contributed by atoms with Gasteiger partial charge in [-0.15, -0.1) is 5.10 Å². The van der Waals surface area contributed by atoms with Crippen molar-refractivity contribution in [2.24, 2.45) is 7.05 Å². The summed E-state index contributed by atoms with van der Waals surface area (Å²) in [6, 6.07) is 18.1. The summed E-state index contributed by atoms with van der Waals surface area (Å²) in [6.45, 7) is 0. The molecule has 10 heteroatoms. The Bertz CT molecular complexity index is 1540. The molecular weight excluding hydrogens is 440 g/mol. The maximum absolute atomic E-state index is 11.8. The van der Waals surface area contributed by atoms with E-state index in [4.69, 9.17) is 4.74 Å². The number of tetrazole rings is 1. The first kappa shape index (κ1) is 20.8. The van der Waals surface area contributed by atoms with Crippen LogP contribution in [-0.2, 0) is 23.3 Å². The number of fused-ring (bicyclic) bond motifs is 1. The van der Waals surface area contributed by atoms with Crippen LogP contribution in [0.5, 0.6) is 11.5 Å². The smallest absolute Gasteiger partial charge is 0.175 e. The average Bonchev–Trinajstić information content (AvgIpc) is 3.40. The zero-order chi connectivity index (χ0) is 23.0. The Morgan fingerprint density at radius 1 is 1.06 bits per heavy atom. The van der Waals surface area contributed by atoms with E-state index >= 15 is 0 Å². The number of ether oxygens (including phenoxy) is 1. The van der Waals surface area contributed by atoms with E-state index in [9.17, 15) is 8.42 Å². The monoisotopic (exact) mass is 460 g/mol. The number of nitrogens with zero attached hydrogens (tertiary/aromatic N) is 5. The molecular formula is C23H20N6O3S. The number of aromatic amines is 1. The van der Waals surface area contributed by atoms with E-state index in [-0.39, 0.29) is 4.90 Å². The molecule has 0 saturated heterocycles. The molecule has 5 aromatic rings. The third-order valence-electron chi connectivity index (χ3n) is 5.28. The molecule has 0 saturated carbocycles. The first-order valence-electron chi connectivity index (χ1n) is 10.1. The topological polar surface area (TPSA) is 116 Å². The van der Waals surface area contributed by atoms with Gasteiger partial charge in [0.2, 0.25) is 0 Å². The maximum Gasteiger partial charge on any atom is 0.175 e. The Morgan fingerprint density at radius 3 is 2.55 bits per heavy atom. The van der Waals surface area contributed by atoms with Crippen molar-refractivity contribution >= 4 is 20.7 Å². The molecule has 166 valence electrons. The summed E-state index contributed by atoms with van der Waals surface area (Å²) in [6.07, 6.45) is 3.38. The molecule has 0 aliphatic rings. The maximum atomic E-state index is 11.8. The molecule has 33 heavy (non-hydrogen) atoms. The van der Waals surface area contributed by atoms with Crippen molar-refractivity contribution in [1.82, 2.24) is 30.2 Å². The summed E-state index contributed by atoms with van der Waals surface area (Å²) in [7, 11) is -1.50. The first-order chi connectivity index (χ1) is 15.9. The molecule has 0 atom stereocenters. The molecule has 0 amide bonds. The lowest BCUT2D eigenvalue weighted by Gasteiger charge is -2.12. The van der Waals surface area contributed by atoms with Crippen LogP contribution in [0.4, 0.5) is 0 Å². The quantitative estimate of drug-likeness (QED) is 0.412. The van der Waals surface area contributed by atoms with Crippen LogP contribution in [-0.4, -0.2) is 44.8 Å². The Balaban J connectivity index is 1.57. The van der Waals surface area contributed by atoms with Gasteiger partial charge >= 0.3 is 0 Å². The molecule has 0 aliphatic carbocycles. The van der Waals surface area contributed by atoms with Gasteiger partial charge in [0.1, 0.15) is 11.5 Å². The SMILES string of the molecule is Cn1nnnc1Cc1cc2[nH]c(-c3ccccn3)cc2cc1Oc1ccc(S(C)(=O)=O)cc1. The van der Waals surface area contributed by atoms with Crippen molar-refractivity contribution in [1.29, 1.82) is 0 Å². The Kier molecular flexibility index (Phi) is 5.14. The molecule has 0 aliphatic heterocycles. The first-order valence-corrected chi connectivity index (χ1v) is 12.0. The summed E-state index contributed by atoms with van der Waals surface area (Å²) < 4.78 is 31.3. The van der Waals surface area contributed by atoms with Crippen LogP contribution in [0.2, 0.25) is 0 Å². The third kappa shape index (κ3) is 4.33. The van der Waals surface area contributed by atoms with Crippen LogP contribution < -0.4 is 4.74 Å². The number of rotatable bonds is 6. The number of H-pyrrole nitrogens is 1. The number of benzene rings is 2. The van der Waals surface area contributed by atoms with Gasteiger partial charge in [0.25, 0.3) is 0 Å². The van der Waals surface area contributed by atoms with E-state index in [1.807, 2.05) is 36.4 Å². The zero-order valence-electron chi connectivity index (χ0n) is 17.9. The number of hydrogen-bond donors (Lipinski definition) is 1. The van der Waals surface area contributed by atoms with Gasteiger partial charge in [0.15, 0.2) is 15.7 Å². The predicted molar refractivity (Wildman–Crippen MR) is 123 cm³/mol. The molecule has 3 heterocycles. The lowest BCUT2D eigenvalue weighted by atomic mass is 10.1. The van der Waals surface area contributed by atoms with E-state index < -0.39 is 9.84 Å². The highest BCUT2D eigenvalue weighted by molar-refractivity contribution is 7.90. The van der Waals surface area contributed by atoms with E-state index in [1.54, 1.807) is 30.1 Å². The van der Waals surface area contributed by atoms with E-state index in [2.05, 4.69) is 25.5 Å². The van der Waals surface area contributed by atoms with E-state index in [1.165, 1.54) is 18.4 Å². The highest BCUT2D eigenvalue weighted by Gasteiger charge is 2.15. The predicted octanol–water partition coefficient (Wildman–Crippen LogP) is 3.54. The van der Waals surface area contributed by atoms with Gasteiger partial charge in [-0.2, -0.15) is 0 Å². The van der Waals surface area contributed by atoms with E-state index in [0.717, 1.165) is 27.9 Å². The van der Waals surface area contributed by atoms with Crippen LogP contribution in [0.15, 0.2) is 71.8 Å². The van der Waals surface area contributed by atoms with Crippen molar-refractivity contribution in [3.05, 3.63) is 78.2 Å². The minimum atomic E-state index is -3.28. The van der Waals surface area contributed by atoms with Crippen molar-refractivity contribution in [2.45, 2.75) is 11.3 Å². The summed E-state index contributed by atoms with van der Waals surface area (Å²) in [4.78, 5) is 8.07. The van der Waals surface area contributed by atoms with E-state index in [0.29, 0.717) is 23.7 Å². The van der Waals surface area contributed by atoms with Gasteiger partial charge < -0.3 is 9.72 Å². The second-order valence-corrected chi connectivity index (χ2v) is 9.70. The fourth-order valence-corrected chi connectivity index (χ4v) is 4.18. The fourth-order valence-electron chi connectivity index (χ4n) is 3.55. The fraction of sp³-hybridized carbons (Fsp3) is 0.130. The van der Waals surface area contributed by atoms with Crippen molar-refractivity contribution < 1.29 is 13.2 Å². The lowest BCUT2D eigenvalue weighted by Crippen LogP contribution is -2.02. The molecule has 0 fully saturated rings. The molecule has 2 aromatic carbocycles. The zero-order valence-corrected chi connectivity index (χ0v) is 18.7. The summed E-state index contributed by atoms with van der Waals surface area (Å²) in [5.74, 6) is 1.84. The molecule has 5 rings (SSSR count). The van der Waals surface area contributed by atoms with Crippen molar-refractivity contribution in [3.8, 4) is 22.9 Å². The summed E-state index contributed by atoms with van der Waals surface area (Å²) >= 11 is 0. The van der Waals surface area contributed by atoms with Gasteiger partial charge in [-0.25, -0.2) is 13.1 Å². The average molecular weight is 461 g/mol. The van der Waals surface area contributed by atoms with Crippen LogP contribution in [0.1, 0.15) is 11.4 Å². The lowest BCUT2D eigenvalue weighted by molar-refractivity contribution is 0.477. The van der Waals surface area contributed by atoms with Crippen molar-refractivity contribution in [2.75, 3.05) is 6.26 Å². The van der Waals surface area contributed by atoms with Crippen LogP contribution in [0.25, 0.3) is 22.3 Å². The van der Waals surface area contributed by atoms with Crippen LogP contribution in [0.3, 0.4) is 0 Å². The molecule has 0 bridgehead atoms. The second-order valence-electron chi connectivity index (χ2n) is 7.69. The van der Waals surface area contributed by atoms with Gasteiger partial charge in [-0.05, 0) is 65.0 Å². The van der Waals surface area contributed by atoms with Gasteiger partial charge in [0, 0.05) is 42.4 Å². The number of aromatic nitrogens is 6. The van der Waals surface area contributed by atoms with Gasteiger partial charge in [-0.3, -0.25) is 4.98 Å². The van der Waals surface area contributed by atoms with Crippen LogP contribution >= 0.6 is 0 Å². The van der Waals surface area contributed by atoms with Crippen molar-refractivity contribution in [3.63, 3.8) is 0 Å². The van der Waals surface area contributed by atoms with Gasteiger partial charge in [-0.1, -0.05) is 6.07 Å². The second kappa shape index (κ2) is 8.14. The van der Waals surface area contributed by atoms with Gasteiger partial charge in [0.05, 0.1) is 16.3 Å². The Hall–Kier alpha value is -4.05. The molecule has 3 aromatic heterocycles. The molecule has 0 radical (unpaired) electrons. The molecule has 1 N–H and O–H groups in total. The molecule has 0 unspecified atom stereocenters. The number of pyridine rings is 1. The number of sulfone groups is 1. The number of hydrogen-bond acceptors (Lipinski definition) is 7. The minimum absolute atomic E-state index is 0.237. The standard InChI is InChI=1S/C23H20N6O3S/c1-29-23(26-27-28-29)14-16-12-20-15(11-21(25-20)19-5-3-4-10-24-19)13-22(16)32-17-6-8-18(9-7-17)33(2,30)31/h3-13,25H,14H2,1-2H3. The number of aryl methyl sites for hydroxylation is 1. The summed E-state index contributed by atoms with van der Waals surface area (Å²) in [5.41, 5.74) is 3.54. The molecule has 9 nitrogen and oxygen atoms in total.